The molecule has 0 rings (SSSR count). The Morgan fingerprint density at radius 3 is 0.375 bits per heavy atom. The molecule has 0 unspecified atom stereocenters. The molecule has 0 aromatic heterocycles. The molecule has 0 fully saturated rings. The summed E-state index contributed by atoms with van der Waals surface area (Å²) in [7, 11) is 0. The molecule has 0 saturated heterocycles. The largest absolute Gasteiger partial charge is 3.00 e. The van der Waals surface area contributed by atoms with Crippen molar-refractivity contribution in [2.75, 3.05) is 0 Å². The van der Waals surface area contributed by atoms with Crippen molar-refractivity contribution in [1.29, 1.82) is 0 Å². The fourth-order valence-electron chi connectivity index (χ4n) is 0. The summed E-state index contributed by atoms with van der Waals surface area (Å²) in [6, 6.07) is 0. The van der Waals surface area contributed by atoms with E-state index in [1.807, 2.05) is 0 Å². The second-order valence-electron chi connectivity index (χ2n) is 0. The second-order valence-corrected chi connectivity index (χ2v) is 0. The molecule has 0 spiro atoms. The van der Waals surface area contributed by atoms with Gasteiger partial charge in [-0.2, -0.15) is 0 Å². The van der Waals surface area contributed by atoms with E-state index in [0.29, 0.717) is 0 Å². The normalized spacial score (nSPS) is 0. The Morgan fingerprint density at radius 2 is 0.375 bits per heavy atom. The SMILES string of the molecule is [Bi+3].[Ce+3].[OH-].[OH-].[OH-].[OH-].[OH-].[OH-]. The molecule has 0 saturated carbocycles. The smallest absolute Gasteiger partial charge is 0.870 e. The minimum Gasteiger partial charge on any atom is -0.870 e. The van der Waals surface area contributed by atoms with Crippen molar-refractivity contribution in [3.05, 3.63) is 0 Å². The summed E-state index contributed by atoms with van der Waals surface area (Å²) in [4.78, 5) is 0. The van der Waals surface area contributed by atoms with E-state index >= 15 is 0 Å². The summed E-state index contributed by atoms with van der Waals surface area (Å²) in [5.41, 5.74) is 0. The van der Waals surface area contributed by atoms with E-state index in [-0.39, 0.29) is 101 Å². The molecule has 0 aliphatic rings. The molecule has 8 heavy (non-hydrogen) atoms. The zero-order valence-electron chi connectivity index (χ0n) is 3.63. The van der Waals surface area contributed by atoms with Crippen molar-refractivity contribution < 1.29 is 74.6 Å². The predicted molar refractivity (Wildman–Crippen MR) is 17.4 cm³/mol. The van der Waals surface area contributed by atoms with Crippen LogP contribution in [0.15, 0.2) is 0 Å². The molecule has 0 bridgehead atoms. The molecule has 0 aromatic carbocycles. The number of hydrogen-bond donors (Lipinski definition) is 0. The van der Waals surface area contributed by atoms with Crippen LogP contribution in [-0.4, -0.2) is 59.1 Å². The third-order valence-electron chi connectivity index (χ3n) is 0. The Hall–Kier alpha value is 2.02. The van der Waals surface area contributed by atoms with Crippen molar-refractivity contribution in [2.45, 2.75) is 0 Å². The monoisotopic (exact) mass is 451 g/mol. The van der Waals surface area contributed by atoms with Gasteiger partial charge in [-0.1, -0.05) is 0 Å². The molecular weight excluding hydrogens is 445 g/mol. The second kappa shape index (κ2) is 142. The van der Waals surface area contributed by atoms with E-state index in [0.717, 1.165) is 0 Å². The number of rotatable bonds is 0. The quantitative estimate of drug-likeness (QED) is 0.407. The Kier molecular flexibility index (Phi) is 3550. The van der Waals surface area contributed by atoms with E-state index in [1.54, 1.807) is 0 Å². The minimum absolute atomic E-state index is 0. The van der Waals surface area contributed by atoms with Crippen LogP contribution in [0.25, 0.3) is 0 Å². The summed E-state index contributed by atoms with van der Waals surface area (Å²) in [5, 5.41) is 0. The van der Waals surface area contributed by atoms with Crippen molar-refractivity contribution in [3.63, 3.8) is 0 Å². The third kappa shape index (κ3) is 96.9. The maximum absolute atomic E-state index is 0. The molecule has 0 aliphatic heterocycles. The van der Waals surface area contributed by atoms with Gasteiger partial charge in [0, 0.05) is 0 Å². The van der Waals surface area contributed by atoms with E-state index in [2.05, 4.69) is 0 Å². The van der Waals surface area contributed by atoms with Gasteiger partial charge in [-0.05, 0) is 0 Å². The van der Waals surface area contributed by atoms with Crippen molar-refractivity contribution in [1.82, 2.24) is 0 Å². The Labute approximate surface area is 99.4 Å². The topological polar surface area (TPSA) is 180 Å². The molecule has 6 nitrogen and oxygen atoms in total. The molecule has 3 radical (unpaired) electrons. The zero-order chi connectivity index (χ0) is 0. The summed E-state index contributed by atoms with van der Waals surface area (Å²) in [6.45, 7) is 0. The van der Waals surface area contributed by atoms with E-state index < -0.39 is 0 Å². The number of hydrogen-bond acceptors (Lipinski definition) is 6. The van der Waals surface area contributed by atoms with Gasteiger partial charge in [-0.3, -0.25) is 0 Å². The first-order chi connectivity index (χ1) is 0. The Balaban J connectivity index is 0. The third-order valence-corrected chi connectivity index (χ3v) is 0. The van der Waals surface area contributed by atoms with Gasteiger partial charge < -0.3 is 32.9 Å². The van der Waals surface area contributed by atoms with Crippen LogP contribution < -0.4 is 0 Å². The van der Waals surface area contributed by atoms with Crippen molar-refractivity contribution in [2.24, 2.45) is 0 Å². The van der Waals surface area contributed by atoms with Gasteiger partial charge >= 0.3 is 68.0 Å². The Bertz CT molecular complexity index is 8.49. The standard InChI is InChI=1S/Bi.Ce.6H2O/h;;6*1H2/q2*+3;;;;;;/p-6. The van der Waals surface area contributed by atoms with Crippen LogP contribution in [0, 0.1) is 41.7 Å². The van der Waals surface area contributed by atoms with Crippen LogP contribution >= 0.6 is 0 Å². The van der Waals surface area contributed by atoms with Gasteiger partial charge in [-0.25, -0.2) is 0 Å². The van der Waals surface area contributed by atoms with E-state index in [9.17, 15) is 0 Å². The van der Waals surface area contributed by atoms with Crippen LogP contribution in [0.4, 0.5) is 0 Å². The predicted octanol–water partition coefficient (Wildman–Crippen LogP) is -1.44. The summed E-state index contributed by atoms with van der Waals surface area (Å²) in [5.74, 6) is 0. The van der Waals surface area contributed by atoms with Crippen LogP contribution in [0.3, 0.4) is 0 Å². The van der Waals surface area contributed by atoms with Gasteiger partial charge in [-0.15, -0.1) is 0 Å². The summed E-state index contributed by atoms with van der Waals surface area (Å²) >= 11 is 0. The fourth-order valence-corrected chi connectivity index (χ4v) is 0. The summed E-state index contributed by atoms with van der Waals surface area (Å²) in [6.07, 6.45) is 0. The van der Waals surface area contributed by atoms with Gasteiger partial charge in [0.05, 0.1) is 0 Å². The average molecular weight is 451 g/mol. The fraction of sp³-hybridized carbons (Fsp3) is 0. The van der Waals surface area contributed by atoms with Gasteiger partial charge in [0.25, 0.3) is 0 Å². The first-order valence-corrected chi connectivity index (χ1v) is 0. The molecule has 0 aliphatic carbocycles. The molecule has 51 valence electrons. The molecule has 0 atom stereocenters. The maximum atomic E-state index is 0. The van der Waals surface area contributed by atoms with Crippen LogP contribution in [0.5, 0.6) is 0 Å². The van der Waals surface area contributed by atoms with Crippen molar-refractivity contribution in [3.8, 4) is 0 Å². The molecule has 0 aromatic rings. The van der Waals surface area contributed by atoms with Crippen LogP contribution in [0.2, 0.25) is 0 Å². The average Bonchev–Trinajstić information content (AvgIpc) is 0. The molecule has 0 amide bonds. The zero-order valence-corrected chi connectivity index (χ0v) is 10.2. The van der Waals surface area contributed by atoms with Gasteiger partial charge in [0.1, 0.15) is 0 Å². The van der Waals surface area contributed by atoms with Crippen LogP contribution in [0.1, 0.15) is 0 Å². The Morgan fingerprint density at radius 1 is 0.375 bits per heavy atom. The molecule has 8 heteroatoms. The van der Waals surface area contributed by atoms with E-state index in [1.165, 1.54) is 0 Å². The molecular formula is H6BiCeO6. The first kappa shape index (κ1) is 200. The first-order valence-electron chi connectivity index (χ1n) is 0. The molecule has 6 N–H and O–H groups in total. The maximum Gasteiger partial charge on any atom is 3.00 e. The summed E-state index contributed by atoms with van der Waals surface area (Å²) < 4.78 is 0. The van der Waals surface area contributed by atoms with Gasteiger partial charge in [0.15, 0.2) is 0 Å². The molecule has 0 heterocycles. The minimum atomic E-state index is 0. The van der Waals surface area contributed by atoms with Crippen molar-refractivity contribution >= 4 is 26.2 Å². The van der Waals surface area contributed by atoms with E-state index in [4.69, 9.17) is 0 Å². The van der Waals surface area contributed by atoms with Gasteiger partial charge in [0.2, 0.25) is 0 Å². The van der Waals surface area contributed by atoms with Crippen LogP contribution in [-0.2, 0) is 0 Å².